The van der Waals surface area contributed by atoms with Gasteiger partial charge in [-0.2, -0.15) is 0 Å². The summed E-state index contributed by atoms with van der Waals surface area (Å²) in [7, 11) is 1.60. The van der Waals surface area contributed by atoms with Crippen LogP contribution < -0.4 is 0 Å². The first-order valence-corrected chi connectivity index (χ1v) is 5.63. The Labute approximate surface area is 109 Å². The number of hydrogen-bond donors (Lipinski definition) is 1. The average Bonchev–Trinajstić information content (AvgIpc) is 2.34. The zero-order valence-electron chi connectivity index (χ0n) is 9.99. The molecule has 1 nitrogen and oxygen atoms in total. The van der Waals surface area contributed by atoms with Gasteiger partial charge in [-0.05, 0) is 12.2 Å². The van der Waals surface area contributed by atoms with Crippen LogP contribution in [0.15, 0.2) is 84.6 Å². The molecule has 0 spiro atoms. The molecule has 0 aliphatic carbocycles. The molecule has 0 fully saturated rings. The van der Waals surface area contributed by atoms with Crippen molar-refractivity contribution in [2.24, 2.45) is 0 Å². The number of thiol groups is 1. The highest BCUT2D eigenvalue weighted by Crippen LogP contribution is 2.02. The zero-order valence-corrected chi connectivity index (χ0v) is 10.9. The minimum atomic E-state index is 0.834. The highest BCUT2D eigenvalue weighted by atomic mass is 32.1. The number of hydrogen-bond acceptors (Lipinski definition) is 2. The van der Waals surface area contributed by atoms with Gasteiger partial charge in [-0.25, -0.2) is 0 Å². The molecule has 0 saturated carbocycles. The highest BCUT2D eigenvalue weighted by Gasteiger charge is 1.77. The summed E-state index contributed by atoms with van der Waals surface area (Å²) in [6, 6.07) is 0. The lowest BCUT2D eigenvalue weighted by Gasteiger charge is -1.87. The molecule has 0 bridgehead atoms. The molecule has 0 aromatic carbocycles. The summed E-state index contributed by atoms with van der Waals surface area (Å²) >= 11 is 4.23. The maximum atomic E-state index is 4.77. The molecule has 0 unspecified atom stereocenters. The minimum absolute atomic E-state index is 0.834. The molecule has 0 heterocycles. The first kappa shape index (κ1) is 15.3. The van der Waals surface area contributed by atoms with Crippen LogP contribution in [0.3, 0.4) is 0 Å². The Hall–Kier alpha value is -1.67. The zero-order chi connectivity index (χ0) is 12.8. The number of rotatable bonds is 7. The molecule has 0 atom stereocenters. The van der Waals surface area contributed by atoms with E-state index >= 15 is 0 Å². The van der Waals surface area contributed by atoms with Gasteiger partial charge in [-0.15, -0.1) is 12.6 Å². The summed E-state index contributed by atoms with van der Waals surface area (Å²) < 4.78 is 4.77. The van der Waals surface area contributed by atoms with E-state index in [4.69, 9.17) is 4.74 Å². The summed E-state index contributed by atoms with van der Waals surface area (Å²) in [4.78, 5) is 0.834. The summed E-state index contributed by atoms with van der Waals surface area (Å²) in [5.41, 5.74) is 0. The topological polar surface area (TPSA) is 9.23 Å². The number of allylic oxidation sites excluding steroid dienone is 11. The maximum absolute atomic E-state index is 4.77. The number of methoxy groups -OCH3 is 1. The van der Waals surface area contributed by atoms with Crippen molar-refractivity contribution in [2.45, 2.75) is 0 Å². The molecule has 17 heavy (non-hydrogen) atoms. The molecule has 0 aromatic rings. The van der Waals surface area contributed by atoms with Crippen LogP contribution in [-0.4, -0.2) is 7.11 Å². The lowest BCUT2D eigenvalue weighted by molar-refractivity contribution is 0.338. The molecular formula is C15H18OS. The van der Waals surface area contributed by atoms with E-state index in [0.717, 1.165) is 4.91 Å². The van der Waals surface area contributed by atoms with Gasteiger partial charge in [0.25, 0.3) is 0 Å². The van der Waals surface area contributed by atoms with Gasteiger partial charge >= 0.3 is 0 Å². The summed E-state index contributed by atoms with van der Waals surface area (Å²) in [5.74, 6) is 0. The molecule has 0 aliphatic heterocycles. The summed E-state index contributed by atoms with van der Waals surface area (Å²) in [5, 5.41) is 0. The molecular weight excluding hydrogens is 228 g/mol. The van der Waals surface area contributed by atoms with E-state index in [1.54, 1.807) is 25.5 Å². The van der Waals surface area contributed by atoms with Gasteiger partial charge in [0, 0.05) is 4.91 Å². The van der Waals surface area contributed by atoms with Gasteiger partial charge in [-0.3, -0.25) is 0 Å². The van der Waals surface area contributed by atoms with E-state index < -0.39 is 0 Å². The minimum Gasteiger partial charge on any atom is -0.504 e. The first-order valence-electron chi connectivity index (χ1n) is 5.19. The van der Waals surface area contributed by atoms with Gasteiger partial charge in [0.2, 0.25) is 0 Å². The maximum Gasteiger partial charge on any atom is 0.0835 e. The lowest BCUT2D eigenvalue weighted by Crippen LogP contribution is -1.66. The van der Waals surface area contributed by atoms with Crippen molar-refractivity contribution in [2.75, 3.05) is 7.11 Å². The molecule has 0 radical (unpaired) electrons. The lowest BCUT2D eigenvalue weighted by atomic mass is 10.3. The third kappa shape index (κ3) is 12.3. The quantitative estimate of drug-likeness (QED) is 0.398. The summed E-state index contributed by atoms with van der Waals surface area (Å²) in [6.45, 7) is 3.58. The largest absolute Gasteiger partial charge is 0.504 e. The van der Waals surface area contributed by atoms with E-state index in [1.165, 1.54) is 0 Å². The van der Waals surface area contributed by atoms with E-state index in [0.29, 0.717) is 0 Å². The second kappa shape index (κ2) is 12.4. The van der Waals surface area contributed by atoms with E-state index in [1.807, 2.05) is 54.7 Å². The third-order valence-electron chi connectivity index (χ3n) is 1.56. The fourth-order valence-corrected chi connectivity index (χ4v) is 0.958. The average molecular weight is 246 g/mol. The predicted octanol–water partition coefficient (Wildman–Crippen LogP) is 4.37. The van der Waals surface area contributed by atoms with Crippen molar-refractivity contribution < 1.29 is 4.74 Å². The van der Waals surface area contributed by atoms with Crippen LogP contribution in [0.5, 0.6) is 0 Å². The molecule has 0 aromatic heterocycles. The fraction of sp³-hybridized carbons (Fsp3) is 0.0667. The Morgan fingerprint density at radius 2 is 1.47 bits per heavy atom. The second-order valence-corrected chi connectivity index (χ2v) is 3.42. The second-order valence-electron chi connectivity index (χ2n) is 2.91. The Kier molecular flexibility index (Phi) is 11.2. The van der Waals surface area contributed by atoms with E-state index in [-0.39, 0.29) is 0 Å². The standard InChI is InChI=1S/C15H18OS/c1-3-4-5-6-7-8-9-10-11-12-15(17)13-14-16-2/h3-14,17H,1H2,2H3/b5-4-,7-6-,9-8-,11-10-,14-13+,15-12+. The first-order chi connectivity index (χ1) is 8.31. The SMILES string of the molecule is C=C\C=C/C=C\C=C/C=C\C=C(S)/C=C/OC. The molecule has 0 amide bonds. The highest BCUT2D eigenvalue weighted by molar-refractivity contribution is 7.84. The van der Waals surface area contributed by atoms with Crippen molar-refractivity contribution in [3.05, 3.63) is 84.6 Å². The van der Waals surface area contributed by atoms with Gasteiger partial charge < -0.3 is 4.74 Å². The van der Waals surface area contributed by atoms with Crippen LogP contribution in [0.1, 0.15) is 0 Å². The van der Waals surface area contributed by atoms with Crippen molar-refractivity contribution in [1.29, 1.82) is 0 Å². The van der Waals surface area contributed by atoms with Gasteiger partial charge in [0.15, 0.2) is 0 Å². The van der Waals surface area contributed by atoms with Crippen LogP contribution in [-0.2, 0) is 4.74 Å². The van der Waals surface area contributed by atoms with Crippen LogP contribution in [0.25, 0.3) is 0 Å². The Bertz CT molecular complexity index is 368. The number of ether oxygens (including phenoxy) is 1. The normalized spacial score (nSPS) is 13.9. The Morgan fingerprint density at radius 1 is 0.941 bits per heavy atom. The van der Waals surface area contributed by atoms with Crippen LogP contribution in [0, 0.1) is 0 Å². The van der Waals surface area contributed by atoms with Gasteiger partial charge in [-0.1, -0.05) is 61.3 Å². The molecule has 0 aliphatic rings. The summed E-state index contributed by atoms with van der Waals surface area (Å²) in [6.07, 6.45) is 22.4. The molecule has 2 heteroatoms. The van der Waals surface area contributed by atoms with Gasteiger partial charge in [0.05, 0.1) is 13.4 Å². The van der Waals surface area contributed by atoms with Gasteiger partial charge in [0.1, 0.15) is 0 Å². The van der Waals surface area contributed by atoms with Crippen LogP contribution in [0.2, 0.25) is 0 Å². The monoisotopic (exact) mass is 246 g/mol. The van der Waals surface area contributed by atoms with Crippen molar-refractivity contribution in [3.8, 4) is 0 Å². The van der Waals surface area contributed by atoms with Crippen molar-refractivity contribution >= 4 is 12.6 Å². The third-order valence-corrected chi connectivity index (χ3v) is 1.85. The molecule has 90 valence electrons. The van der Waals surface area contributed by atoms with Crippen LogP contribution >= 0.6 is 12.6 Å². The molecule has 0 N–H and O–H groups in total. The van der Waals surface area contributed by atoms with Crippen molar-refractivity contribution in [3.63, 3.8) is 0 Å². The van der Waals surface area contributed by atoms with E-state index in [9.17, 15) is 0 Å². The smallest absolute Gasteiger partial charge is 0.0835 e. The fourth-order valence-electron chi connectivity index (χ4n) is 0.811. The van der Waals surface area contributed by atoms with E-state index in [2.05, 4.69) is 19.2 Å². The molecule has 0 rings (SSSR count). The van der Waals surface area contributed by atoms with Crippen molar-refractivity contribution in [1.82, 2.24) is 0 Å². The predicted molar refractivity (Wildman–Crippen MR) is 80.0 cm³/mol. The molecule has 0 saturated heterocycles. The Morgan fingerprint density at radius 3 is 2.00 bits per heavy atom. The Balaban J connectivity index is 3.98. The van der Waals surface area contributed by atoms with Crippen LogP contribution in [0.4, 0.5) is 0 Å².